The summed E-state index contributed by atoms with van der Waals surface area (Å²) in [7, 11) is 0. The molecule has 2 aromatic rings. The van der Waals surface area contributed by atoms with Crippen LogP contribution in [0.4, 0.5) is 4.39 Å². The number of benzene rings is 1. The van der Waals surface area contributed by atoms with Crippen LogP contribution in [0.3, 0.4) is 0 Å². The van der Waals surface area contributed by atoms with Crippen molar-refractivity contribution in [3.63, 3.8) is 0 Å². The second-order valence-corrected chi connectivity index (χ2v) is 6.37. The summed E-state index contributed by atoms with van der Waals surface area (Å²) in [5, 5.41) is 16.2. The minimum absolute atomic E-state index is 0.00162. The molecule has 1 saturated carbocycles. The maximum absolute atomic E-state index is 13.0. The number of halogens is 2. The van der Waals surface area contributed by atoms with Crippen LogP contribution >= 0.6 is 11.6 Å². The van der Waals surface area contributed by atoms with Crippen LogP contribution in [-0.4, -0.2) is 28.8 Å². The number of hydrogen-bond acceptors (Lipinski definition) is 4. The first kappa shape index (κ1) is 16.9. The smallest absolute Gasteiger partial charge is 0.275 e. The number of hydrogen-bond donors (Lipinski definition) is 2. The number of aliphatic hydroxyl groups excluding tert-OH is 1. The van der Waals surface area contributed by atoms with Crippen molar-refractivity contribution in [3.8, 4) is 11.3 Å². The van der Waals surface area contributed by atoms with Crippen molar-refractivity contribution in [1.29, 1.82) is 0 Å². The van der Waals surface area contributed by atoms with Gasteiger partial charge in [-0.2, -0.15) is 0 Å². The Morgan fingerprint density at radius 2 is 2.04 bits per heavy atom. The first-order valence-corrected chi connectivity index (χ1v) is 8.30. The van der Waals surface area contributed by atoms with Crippen LogP contribution in [0.15, 0.2) is 28.8 Å². The summed E-state index contributed by atoms with van der Waals surface area (Å²) in [6.45, 7) is 0.0400. The van der Waals surface area contributed by atoms with Crippen LogP contribution in [0, 0.1) is 11.7 Å². The molecule has 1 aliphatic carbocycles. The molecular weight excluding hydrogens is 335 g/mol. The van der Waals surface area contributed by atoms with Crippen LogP contribution in [0.2, 0.25) is 5.02 Å². The highest BCUT2D eigenvalue weighted by molar-refractivity contribution is 6.35. The van der Waals surface area contributed by atoms with Crippen LogP contribution in [0.5, 0.6) is 0 Å². The molecular formula is C17H18ClFN2O3. The lowest BCUT2D eigenvalue weighted by Gasteiger charge is -2.30. The highest BCUT2D eigenvalue weighted by Gasteiger charge is 2.29. The number of aromatic nitrogens is 1. The summed E-state index contributed by atoms with van der Waals surface area (Å²) >= 11 is 6.22. The Labute approximate surface area is 143 Å². The highest BCUT2D eigenvalue weighted by Crippen LogP contribution is 2.31. The van der Waals surface area contributed by atoms with Crippen molar-refractivity contribution >= 4 is 17.5 Å². The fourth-order valence-corrected chi connectivity index (χ4v) is 3.32. The lowest BCUT2D eigenvalue weighted by Crippen LogP contribution is -2.43. The molecule has 1 amide bonds. The number of amides is 1. The molecule has 128 valence electrons. The third-order valence-electron chi connectivity index (χ3n) is 4.42. The molecule has 0 unspecified atom stereocenters. The van der Waals surface area contributed by atoms with E-state index in [1.54, 1.807) is 0 Å². The fourth-order valence-electron chi connectivity index (χ4n) is 3.05. The van der Waals surface area contributed by atoms with Crippen molar-refractivity contribution in [2.75, 3.05) is 6.61 Å². The standard InChI is InChI=1S/C17H18ClFN2O3/c18-14-15(17(23)20-13-4-2-1-3-11(13)9-22)21-24-16(14)10-5-7-12(19)8-6-10/h5-8,11,13,22H,1-4,9H2,(H,20,23)/t11-,13-/m1/s1. The van der Waals surface area contributed by atoms with Gasteiger partial charge in [0.1, 0.15) is 10.8 Å². The molecule has 0 radical (unpaired) electrons. The topological polar surface area (TPSA) is 75.4 Å². The first-order valence-electron chi connectivity index (χ1n) is 7.93. The molecule has 5 nitrogen and oxygen atoms in total. The average Bonchev–Trinajstić information content (AvgIpc) is 2.98. The Morgan fingerprint density at radius 1 is 1.33 bits per heavy atom. The van der Waals surface area contributed by atoms with Crippen molar-refractivity contribution in [2.24, 2.45) is 5.92 Å². The van der Waals surface area contributed by atoms with Crippen molar-refractivity contribution < 1.29 is 18.8 Å². The molecule has 1 heterocycles. The van der Waals surface area contributed by atoms with Gasteiger partial charge in [0.2, 0.25) is 0 Å². The quantitative estimate of drug-likeness (QED) is 0.884. The Balaban J connectivity index is 1.77. The van der Waals surface area contributed by atoms with Crippen molar-refractivity contribution in [1.82, 2.24) is 10.5 Å². The number of rotatable bonds is 4. The van der Waals surface area contributed by atoms with Crippen LogP contribution < -0.4 is 5.32 Å². The molecule has 1 aromatic heterocycles. The van der Waals surface area contributed by atoms with E-state index in [1.165, 1.54) is 24.3 Å². The van der Waals surface area contributed by atoms with Crippen LogP contribution in [-0.2, 0) is 0 Å². The minimum atomic E-state index is -0.428. The maximum atomic E-state index is 13.0. The molecule has 3 rings (SSSR count). The van der Waals surface area contributed by atoms with Gasteiger partial charge in [-0.05, 0) is 37.1 Å². The maximum Gasteiger partial charge on any atom is 0.275 e. The van der Waals surface area contributed by atoms with Gasteiger partial charge in [-0.15, -0.1) is 0 Å². The lowest BCUT2D eigenvalue weighted by atomic mass is 9.85. The van der Waals surface area contributed by atoms with Gasteiger partial charge < -0.3 is 14.9 Å². The van der Waals surface area contributed by atoms with E-state index in [9.17, 15) is 14.3 Å². The minimum Gasteiger partial charge on any atom is -0.396 e. The Bertz CT molecular complexity index is 717. The number of carbonyl (C=O) groups excluding carboxylic acids is 1. The third kappa shape index (κ3) is 3.44. The van der Waals surface area contributed by atoms with Gasteiger partial charge in [-0.25, -0.2) is 4.39 Å². The summed E-state index contributed by atoms with van der Waals surface area (Å²) in [6.07, 6.45) is 3.76. The summed E-state index contributed by atoms with van der Waals surface area (Å²) in [5.74, 6) is -0.531. The fraction of sp³-hybridized carbons (Fsp3) is 0.412. The van der Waals surface area contributed by atoms with Crippen LogP contribution in [0.1, 0.15) is 36.2 Å². The van der Waals surface area contributed by atoms with E-state index in [1.807, 2.05) is 0 Å². The van der Waals surface area contributed by atoms with E-state index in [0.717, 1.165) is 25.7 Å². The molecule has 0 spiro atoms. The van der Waals surface area contributed by atoms with Gasteiger partial charge in [0, 0.05) is 24.1 Å². The third-order valence-corrected chi connectivity index (χ3v) is 4.77. The SMILES string of the molecule is O=C(N[C@@H]1CCCC[C@@H]1CO)c1noc(-c2ccc(F)cc2)c1Cl. The van der Waals surface area contributed by atoms with Gasteiger partial charge in [0.15, 0.2) is 11.5 Å². The number of carbonyl (C=O) groups is 1. The summed E-state index contributed by atoms with van der Waals surface area (Å²) < 4.78 is 18.2. The molecule has 0 saturated heterocycles. The molecule has 0 bridgehead atoms. The van der Waals surface area contributed by atoms with E-state index in [0.29, 0.717) is 5.56 Å². The van der Waals surface area contributed by atoms with E-state index >= 15 is 0 Å². The van der Waals surface area contributed by atoms with Gasteiger partial charge in [-0.3, -0.25) is 4.79 Å². The summed E-state index contributed by atoms with van der Waals surface area (Å²) in [5.41, 5.74) is 0.539. The molecule has 2 atom stereocenters. The van der Waals surface area contributed by atoms with Crippen molar-refractivity contribution in [2.45, 2.75) is 31.7 Å². The molecule has 24 heavy (non-hydrogen) atoms. The van der Waals surface area contributed by atoms with Gasteiger partial charge in [-0.1, -0.05) is 29.6 Å². The zero-order chi connectivity index (χ0) is 17.1. The van der Waals surface area contributed by atoms with E-state index in [4.69, 9.17) is 16.1 Å². The van der Waals surface area contributed by atoms with Crippen molar-refractivity contribution in [3.05, 3.63) is 40.8 Å². The average molecular weight is 353 g/mol. The summed E-state index contributed by atoms with van der Waals surface area (Å²) in [4.78, 5) is 12.4. The molecule has 7 heteroatoms. The number of nitrogens with zero attached hydrogens (tertiary/aromatic N) is 1. The zero-order valence-corrected chi connectivity index (χ0v) is 13.7. The normalized spacial score (nSPS) is 20.8. The lowest BCUT2D eigenvalue weighted by molar-refractivity contribution is 0.0864. The molecule has 1 fully saturated rings. The monoisotopic (exact) mass is 352 g/mol. The molecule has 1 aliphatic rings. The molecule has 2 N–H and O–H groups in total. The predicted molar refractivity (Wildman–Crippen MR) is 87.2 cm³/mol. The Kier molecular flexibility index (Phi) is 5.16. The molecule has 0 aliphatic heterocycles. The largest absolute Gasteiger partial charge is 0.396 e. The molecule has 1 aromatic carbocycles. The Hall–Kier alpha value is -1.92. The zero-order valence-electron chi connectivity index (χ0n) is 13.0. The van der Waals surface area contributed by atoms with Gasteiger partial charge in [0.05, 0.1) is 0 Å². The highest BCUT2D eigenvalue weighted by atomic mass is 35.5. The summed E-state index contributed by atoms with van der Waals surface area (Å²) in [6, 6.07) is 5.47. The Morgan fingerprint density at radius 3 is 2.75 bits per heavy atom. The van der Waals surface area contributed by atoms with Crippen LogP contribution in [0.25, 0.3) is 11.3 Å². The van der Waals surface area contributed by atoms with E-state index < -0.39 is 5.91 Å². The van der Waals surface area contributed by atoms with Gasteiger partial charge >= 0.3 is 0 Å². The first-order chi connectivity index (χ1) is 11.6. The van der Waals surface area contributed by atoms with E-state index in [-0.39, 0.29) is 40.9 Å². The second-order valence-electron chi connectivity index (χ2n) is 5.99. The predicted octanol–water partition coefficient (Wildman–Crippen LogP) is 3.42. The number of nitrogens with one attached hydrogen (secondary N) is 1. The number of aliphatic hydroxyl groups is 1. The van der Waals surface area contributed by atoms with E-state index in [2.05, 4.69) is 10.5 Å². The van der Waals surface area contributed by atoms with Gasteiger partial charge in [0.25, 0.3) is 5.91 Å². The second kappa shape index (κ2) is 7.32.